The maximum atomic E-state index is 11.5. The average molecular weight is 281 g/mol. The summed E-state index contributed by atoms with van der Waals surface area (Å²) < 4.78 is 10.1. The SMILES string of the molecule is CC(C)(C)OC(=O)N[C@@H](CC=Cc1ccco1)C(=O)O. The molecule has 0 spiro atoms. The topological polar surface area (TPSA) is 88.8 Å². The van der Waals surface area contributed by atoms with Crippen LogP contribution in [0.15, 0.2) is 28.9 Å². The highest BCUT2D eigenvalue weighted by atomic mass is 16.6. The minimum absolute atomic E-state index is 0.134. The van der Waals surface area contributed by atoms with Gasteiger partial charge in [0, 0.05) is 0 Å². The quantitative estimate of drug-likeness (QED) is 0.866. The Morgan fingerprint density at radius 3 is 2.70 bits per heavy atom. The van der Waals surface area contributed by atoms with E-state index in [0.717, 1.165) is 0 Å². The summed E-state index contributed by atoms with van der Waals surface area (Å²) in [6.45, 7) is 5.12. The van der Waals surface area contributed by atoms with Crippen LogP contribution < -0.4 is 5.32 Å². The van der Waals surface area contributed by atoms with Gasteiger partial charge in [0.05, 0.1) is 6.26 Å². The zero-order valence-corrected chi connectivity index (χ0v) is 11.8. The standard InChI is InChI=1S/C14H19NO5/c1-14(2,3)20-13(18)15-11(12(16)17)8-4-6-10-7-5-9-19-10/h4-7,9,11H,8H2,1-3H3,(H,15,18)(H,16,17)/t11-/m0/s1. The maximum Gasteiger partial charge on any atom is 0.408 e. The van der Waals surface area contributed by atoms with Gasteiger partial charge in [0.15, 0.2) is 0 Å². The fraction of sp³-hybridized carbons (Fsp3) is 0.429. The molecule has 1 amide bonds. The van der Waals surface area contributed by atoms with Crippen LogP contribution in [0.3, 0.4) is 0 Å². The number of nitrogens with one attached hydrogen (secondary N) is 1. The summed E-state index contributed by atoms with van der Waals surface area (Å²) in [5, 5.41) is 11.4. The van der Waals surface area contributed by atoms with E-state index in [1.165, 1.54) is 6.26 Å². The zero-order valence-electron chi connectivity index (χ0n) is 11.8. The van der Waals surface area contributed by atoms with Crippen LogP contribution in [-0.4, -0.2) is 28.8 Å². The molecule has 0 aliphatic carbocycles. The van der Waals surface area contributed by atoms with E-state index in [1.54, 1.807) is 45.1 Å². The lowest BCUT2D eigenvalue weighted by molar-refractivity contribution is -0.139. The number of aliphatic carboxylic acids is 1. The van der Waals surface area contributed by atoms with Crippen molar-refractivity contribution in [1.29, 1.82) is 0 Å². The third-order valence-electron chi connectivity index (χ3n) is 2.19. The fourth-order valence-corrected chi connectivity index (χ4v) is 1.38. The van der Waals surface area contributed by atoms with Crippen molar-refractivity contribution < 1.29 is 23.8 Å². The highest BCUT2D eigenvalue weighted by Crippen LogP contribution is 2.08. The molecule has 20 heavy (non-hydrogen) atoms. The highest BCUT2D eigenvalue weighted by Gasteiger charge is 2.22. The lowest BCUT2D eigenvalue weighted by atomic mass is 10.2. The van der Waals surface area contributed by atoms with E-state index in [1.807, 2.05) is 0 Å². The molecule has 2 N–H and O–H groups in total. The number of carboxylic acid groups (broad SMARTS) is 1. The monoisotopic (exact) mass is 281 g/mol. The summed E-state index contributed by atoms with van der Waals surface area (Å²) in [6.07, 6.45) is 4.17. The third-order valence-corrected chi connectivity index (χ3v) is 2.19. The first-order valence-corrected chi connectivity index (χ1v) is 6.20. The van der Waals surface area contributed by atoms with Crippen LogP contribution >= 0.6 is 0 Å². The van der Waals surface area contributed by atoms with E-state index in [9.17, 15) is 9.59 Å². The van der Waals surface area contributed by atoms with Crippen molar-refractivity contribution in [2.45, 2.75) is 38.8 Å². The summed E-state index contributed by atoms with van der Waals surface area (Å²) in [7, 11) is 0. The Labute approximate surface area is 117 Å². The van der Waals surface area contributed by atoms with Crippen molar-refractivity contribution >= 4 is 18.1 Å². The Kier molecular flexibility index (Phi) is 5.37. The minimum atomic E-state index is -1.13. The molecule has 1 atom stereocenters. The van der Waals surface area contributed by atoms with Crippen molar-refractivity contribution in [2.75, 3.05) is 0 Å². The van der Waals surface area contributed by atoms with Crippen molar-refractivity contribution in [3.8, 4) is 0 Å². The van der Waals surface area contributed by atoms with Crippen molar-refractivity contribution in [3.05, 3.63) is 30.2 Å². The second-order valence-corrected chi connectivity index (χ2v) is 5.19. The zero-order chi connectivity index (χ0) is 15.2. The van der Waals surface area contributed by atoms with Crippen molar-refractivity contribution in [1.82, 2.24) is 5.32 Å². The van der Waals surface area contributed by atoms with Crippen LogP contribution in [0.2, 0.25) is 0 Å². The molecule has 6 nitrogen and oxygen atoms in total. The summed E-state index contributed by atoms with van der Waals surface area (Å²) >= 11 is 0. The molecule has 0 aliphatic heterocycles. The van der Waals surface area contributed by atoms with Crippen LogP contribution in [0.1, 0.15) is 33.0 Å². The predicted molar refractivity (Wildman–Crippen MR) is 73.2 cm³/mol. The molecule has 0 aromatic carbocycles. The molecular formula is C14H19NO5. The van der Waals surface area contributed by atoms with Gasteiger partial charge in [0.1, 0.15) is 17.4 Å². The Morgan fingerprint density at radius 1 is 1.50 bits per heavy atom. The van der Waals surface area contributed by atoms with E-state index in [-0.39, 0.29) is 6.42 Å². The van der Waals surface area contributed by atoms with Crippen LogP contribution in [-0.2, 0) is 9.53 Å². The molecule has 0 saturated carbocycles. The van der Waals surface area contributed by atoms with Crippen LogP contribution in [0.4, 0.5) is 4.79 Å². The largest absolute Gasteiger partial charge is 0.480 e. The average Bonchev–Trinajstić information content (AvgIpc) is 2.77. The van der Waals surface area contributed by atoms with Gasteiger partial charge < -0.3 is 19.6 Å². The summed E-state index contributed by atoms with van der Waals surface area (Å²) in [5.41, 5.74) is -0.669. The second-order valence-electron chi connectivity index (χ2n) is 5.19. The van der Waals surface area contributed by atoms with Gasteiger partial charge in [-0.3, -0.25) is 0 Å². The Bertz CT molecular complexity index is 470. The fourth-order valence-electron chi connectivity index (χ4n) is 1.38. The van der Waals surface area contributed by atoms with Gasteiger partial charge in [-0.05, 0) is 45.4 Å². The number of furan rings is 1. The van der Waals surface area contributed by atoms with Gasteiger partial charge in [0.2, 0.25) is 0 Å². The molecule has 1 aromatic heterocycles. The van der Waals surface area contributed by atoms with E-state index in [0.29, 0.717) is 5.76 Å². The molecule has 0 bridgehead atoms. The van der Waals surface area contributed by atoms with E-state index < -0.39 is 23.7 Å². The van der Waals surface area contributed by atoms with E-state index >= 15 is 0 Å². The van der Waals surface area contributed by atoms with Gasteiger partial charge in [-0.15, -0.1) is 0 Å². The first-order chi connectivity index (χ1) is 9.28. The van der Waals surface area contributed by atoms with Gasteiger partial charge in [-0.25, -0.2) is 9.59 Å². The number of rotatable bonds is 5. The second kappa shape index (κ2) is 6.79. The highest BCUT2D eigenvalue weighted by molar-refractivity contribution is 5.80. The molecule has 0 aliphatic rings. The number of amides is 1. The van der Waals surface area contributed by atoms with Crippen LogP contribution in [0.25, 0.3) is 6.08 Å². The third kappa shape index (κ3) is 6.08. The normalized spacial score (nSPS) is 13.2. The predicted octanol–water partition coefficient (Wildman–Crippen LogP) is 2.66. The van der Waals surface area contributed by atoms with E-state index in [4.69, 9.17) is 14.3 Å². The number of ether oxygens (including phenoxy) is 1. The molecular weight excluding hydrogens is 262 g/mol. The smallest absolute Gasteiger partial charge is 0.408 e. The summed E-state index contributed by atoms with van der Waals surface area (Å²) in [5.74, 6) is -0.508. The van der Waals surface area contributed by atoms with Gasteiger partial charge >= 0.3 is 12.1 Å². The number of carbonyl (C=O) groups excluding carboxylic acids is 1. The first-order valence-electron chi connectivity index (χ1n) is 6.20. The van der Waals surface area contributed by atoms with Gasteiger partial charge in [-0.2, -0.15) is 0 Å². The van der Waals surface area contributed by atoms with Gasteiger partial charge in [-0.1, -0.05) is 6.08 Å². The number of alkyl carbamates (subject to hydrolysis) is 1. The summed E-state index contributed by atoms with van der Waals surface area (Å²) in [6, 6.07) is 2.43. The lowest BCUT2D eigenvalue weighted by Crippen LogP contribution is -2.43. The molecule has 1 heterocycles. The molecule has 1 aromatic rings. The lowest BCUT2D eigenvalue weighted by Gasteiger charge is -2.21. The molecule has 1 rings (SSSR count). The van der Waals surface area contributed by atoms with Gasteiger partial charge in [0.25, 0.3) is 0 Å². The summed E-state index contributed by atoms with van der Waals surface area (Å²) in [4.78, 5) is 22.6. The van der Waals surface area contributed by atoms with E-state index in [2.05, 4.69) is 5.32 Å². The van der Waals surface area contributed by atoms with Crippen molar-refractivity contribution in [3.63, 3.8) is 0 Å². The van der Waals surface area contributed by atoms with Crippen molar-refractivity contribution in [2.24, 2.45) is 0 Å². The molecule has 0 radical (unpaired) electrons. The molecule has 6 heteroatoms. The molecule has 110 valence electrons. The van der Waals surface area contributed by atoms with Crippen LogP contribution in [0.5, 0.6) is 0 Å². The number of carboxylic acids is 1. The Balaban J connectivity index is 2.53. The number of hydrogen-bond acceptors (Lipinski definition) is 4. The van der Waals surface area contributed by atoms with Crippen LogP contribution in [0, 0.1) is 0 Å². The molecule has 0 saturated heterocycles. The minimum Gasteiger partial charge on any atom is -0.480 e. The Morgan fingerprint density at radius 2 is 2.20 bits per heavy atom. The maximum absolute atomic E-state index is 11.5. The first kappa shape index (κ1) is 15.8. The number of carbonyl (C=O) groups is 2. The Hall–Kier alpha value is -2.24. The number of hydrogen-bond donors (Lipinski definition) is 2. The molecule has 0 fully saturated rings. The molecule has 0 unspecified atom stereocenters.